The molecule has 0 aromatic carbocycles. The number of nitrogens with one attached hydrogen (secondary N) is 1. The van der Waals surface area contributed by atoms with E-state index in [1.54, 1.807) is 18.3 Å². The Labute approximate surface area is 75.0 Å². The lowest BCUT2D eigenvalue weighted by Crippen LogP contribution is -1.89. The highest BCUT2D eigenvalue weighted by Gasteiger charge is 2.03. The molecular weight excluding hydrogens is 166 g/mol. The molecule has 0 saturated carbocycles. The molecule has 0 amide bonds. The Kier molecular flexibility index (Phi) is 1.70. The molecule has 0 aliphatic heterocycles. The molecule has 5 nitrogen and oxygen atoms in total. The van der Waals surface area contributed by atoms with Crippen molar-refractivity contribution in [2.75, 3.05) is 5.73 Å². The van der Waals surface area contributed by atoms with Gasteiger partial charge in [0, 0.05) is 0 Å². The number of anilines is 1. The van der Waals surface area contributed by atoms with Crippen LogP contribution in [-0.4, -0.2) is 20.2 Å². The number of rotatable bonds is 1. The minimum Gasteiger partial charge on any atom is -0.397 e. The Morgan fingerprint density at radius 3 is 2.77 bits per heavy atom. The molecular formula is C8H9N5. The molecule has 0 saturated heterocycles. The maximum absolute atomic E-state index is 5.50. The van der Waals surface area contributed by atoms with Crippen molar-refractivity contribution in [3.63, 3.8) is 0 Å². The van der Waals surface area contributed by atoms with Gasteiger partial charge in [-0.15, -0.1) is 0 Å². The number of nitrogens with two attached hydrogens (primary N) is 1. The van der Waals surface area contributed by atoms with Crippen LogP contribution in [0.25, 0.3) is 11.5 Å². The summed E-state index contributed by atoms with van der Waals surface area (Å²) in [6.07, 6.45) is 1.58. The van der Waals surface area contributed by atoms with Crippen LogP contribution in [0.3, 0.4) is 0 Å². The molecule has 2 heterocycles. The second-order valence-corrected chi connectivity index (χ2v) is 2.72. The third kappa shape index (κ3) is 1.48. The smallest absolute Gasteiger partial charge is 0.199 e. The Morgan fingerprint density at radius 1 is 1.38 bits per heavy atom. The maximum atomic E-state index is 5.50. The van der Waals surface area contributed by atoms with Crippen molar-refractivity contribution in [3.8, 4) is 11.5 Å². The zero-order valence-electron chi connectivity index (χ0n) is 7.15. The number of nitrogen functional groups attached to an aromatic ring is 1. The number of aromatic nitrogens is 4. The lowest BCUT2D eigenvalue weighted by molar-refractivity contribution is 1.04. The van der Waals surface area contributed by atoms with Crippen molar-refractivity contribution in [2.24, 2.45) is 0 Å². The van der Waals surface area contributed by atoms with Crippen molar-refractivity contribution in [1.82, 2.24) is 20.2 Å². The van der Waals surface area contributed by atoms with E-state index in [9.17, 15) is 0 Å². The van der Waals surface area contributed by atoms with Crippen LogP contribution in [0.1, 0.15) is 5.82 Å². The molecule has 3 N–H and O–H groups in total. The van der Waals surface area contributed by atoms with Crippen LogP contribution in [0.5, 0.6) is 0 Å². The van der Waals surface area contributed by atoms with Crippen LogP contribution in [0.15, 0.2) is 18.3 Å². The summed E-state index contributed by atoms with van der Waals surface area (Å²) >= 11 is 0. The van der Waals surface area contributed by atoms with Gasteiger partial charge in [0.2, 0.25) is 0 Å². The topological polar surface area (TPSA) is 80.5 Å². The molecule has 2 aromatic heterocycles. The Hall–Kier alpha value is -1.91. The minimum atomic E-state index is 0.595. The van der Waals surface area contributed by atoms with E-state index < -0.39 is 0 Å². The Morgan fingerprint density at radius 2 is 2.23 bits per heavy atom. The molecule has 2 rings (SSSR count). The standard InChI is InChI=1S/C8H9N5/c1-5-11-8(13-12-5)7-3-2-6(9)4-10-7/h2-4H,9H2,1H3,(H,11,12,13). The summed E-state index contributed by atoms with van der Waals surface area (Å²) in [6.45, 7) is 1.84. The van der Waals surface area contributed by atoms with Crippen LogP contribution < -0.4 is 5.73 Å². The maximum Gasteiger partial charge on any atom is 0.199 e. The molecule has 13 heavy (non-hydrogen) atoms. The Balaban J connectivity index is 2.41. The van der Waals surface area contributed by atoms with E-state index in [1.165, 1.54) is 0 Å². The van der Waals surface area contributed by atoms with E-state index in [4.69, 9.17) is 5.73 Å². The van der Waals surface area contributed by atoms with Gasteiger partial charge in [-0.2, -0.15) is 5.10 Å². The average Bonchev–Trinajstić information content (AvgIpc) is 2.53. The van der Waals surface area contributed by atoms with Gasteiger partial charge in [0.25, 0.3) is 0 Å². The van der Waals surface area contributed by atoms with E-state index in [-0.39, 0.29) is 0 Å². The van der Waals surface area contributed by atoms with Crippen molar-refractivity contribution in [2.45, 2.75) is 6.92 Å². The Bertz CT molecular complexity index is 403. The third-order valence-electron chi connectivity index (χ3n) is 1.61. The second kappa shape index (κ2) is 2.85. The number of aryl methyl sites for hydroxylation is 1. The molecule has 5 heteroatoms. The van der Waals surface area contributed by atoms with Gasteiger partial charge in [0.15, 0.2) is 5.82 Å². The molecule has 0 radical (unpaired) electrons. The highest BCUT2D eigenvalue weighted by molar-refractivity contribution is 5.51. The molecule has 66 valence electrons. The van der Waals surface area contributed by atoms with Crippen molar-refractivity contribution >= 4 is 5.69 Å². The van der Waals surface area contributed by atoms with E-state index >= 15 is 0 Å². The molecule has 0 spiro atoms. The fourth-order valence-electron chi connectivity index (χ4n) is 0.995. The predicted molar refractivity (Wildman–Crippen MR) is 48.8 cm³/mol. The number of H-pyrrole nitrogens is 1. The number of nitrogens with zero attached hydrogens (tertiary/aromatic N) is 3. The molecule has 2 aromatic rings. The number of hydrogen-bond donors (Lipinski definition) is 2. The number of pyridine rings is 1. The van der Waals surface area contributed by atoms with Gasteiger partial charge in [-0.3, -0.25) is 10.1 Å². The zero-order valence-corrected chi connectivity index (χ0v) is 7.15. The third-order valence-corrected chi connectivity index (χ3v) is 1.61. The fraction of sp³-hybridized carbons (Fsp3) is 0.125. The summed E-state index contributed by atoms with van der Waals surface area (Å²) < 4.78 is 0. The van der Waals surface area contributed by atoms with Gasteiger partial charge in [-0.1, -0.05) is 0 Å². The first-order valence-electron chi connectivity index (χ1n) is 3.86. The highest BCUT2D eigenvalue weighted by atomic mass is 15.2. The van der Waals surface area contributed by atoms with Crippen LogP contribution >= 0.6 is 0 Å². The van der Waals surface area contributed by atoms with Crippen LogP contribution in [-0.2, 0) is 0 Å². The van der Waals surface area contributed by atoms with Crippen molar-refractivity contribution < 1.29 is 0 Å². The SMILES string of the molecule is Cc1nc(-c2ccc(N)cn2)n[nH]1. The summed E-state index contributed by atoms with van der Waals surface area (Å²) in [7, 11) is 0. The van der Waals surface area contributed by atoms with Gasteiger partial charge in [0.1, 0.15) is 11.5 Å². The first kappa shape index (κ1) is 7.72. The van der Waals surface area contributed by atoms with E-state index in [0.29, 0.717) is 11.5 Å². The molecule has 0 aliphatic rings. The average molecular weight is 175 g/mol. The summed E-state index contributed by atoms with van der Waals surface area (Å²) in [4.78, 5) is 8.23. The van der Waals surface area contributed by atoms with Gasteiger partial charge < -0.3 is 5.73 Å². The van der Waals surface area contributed by atoms with Gasteiger partial charge in [-0.25, -0.2) is 4.98 Å². The highest BCUT2D eigenvalue weighted by Crippen LogP contribution is 2.11. The molecule has 0 unspecified atom stereocenters. The van der Waals surface area contributed by atoms with Crippen LogP contribution in [0.2, 0.25) is 0 Å². The minimum absolute atomic E-state index is 0.595. The van der Waals surface area contributed by atoms with Gasteiger partial charge in [-0.05, 0) is 19.1 Å². The van der Waals surface area contributed by atoms with E-state index in [1.807, 2.05) is 6.92 Å². The van der Waals surface area contributed by atoms with Crippen molar-refractivity contribution in [1.29, 1.82) is 0 Å². The van der Waals surface area contributed by atoms with E-state index in [2.05, 4.69) is 20.2 Å². The number of hydrogen-bond acceptors (Lipinski definition) is 4. The van der Waals surface area contributed by atoms with Gasteiger partial charge >= 0.3 is 0 Å². The largest absolute Gasteiger partial charge is 0.397 e. The molecule has 0 atom stereocenters. The van der Waals surface area contributed by atoms with Gasteiger partial charge in [0.05, 0.1) is 11.9 Å². The molecule has 0 aliphatic carbocycles. The summed E-state index contributed by atoms with van der Waals surface area (Å²) in [6, 6.07) is 3.56. The molecule has 0 fully saturated rings. The van der Waals surface area contributed by atoms with Crippen LogP contribution in [0.4, 0.5) is 5.69 Å². The monoisotopic (exact) mass is 175 g/mol. The van der Waals surface area contributed by atoms with Crippen molar-refractivity contribution in [3.05, 3.63) is 24.2 Å². The molecule has 0 bridgehead atoms. The zero-order chi connectivity index (χ0) is 9.26. The fourth-order valence-corrected chi connectivity index (χ4v) is 0.995. The lowest BCUT2D eigenvalue weighted by atomic mass is 10.3. The first-order chi connectivity index (χ1) is 6.25. The lowest BCUT2D eigenvalue weighted by Gasteiger charge is -1.93. The first-order valence-corrected chi connectivity index (χ1v) is 3.86. The second-order valence-electron chi connectivity index (χ2n) is 2.72. The summed E-state index contributed by atoms with van der Waals surface area (Å²) in [5.41, 5.74) is 6.85. The quantitative estimate of drug-likeness (QED) is 0.670. The van der Waals surface area contributed by atoms with E-state index in [0.717, 1.165) is 11.5 Å². The predicted octanol–water partition coefficient (Wildman–Crippen LogP) is 0.757. The summed E-state index contributed by atoms with van der Waals surface area (Å²) in [5, 5.41) is 6.73. The number of aromatic amines is 1. The summed E-state index contributed by atoms with van der Waals surface area (Å²) in [5.74, 6) is 1.37. The van der Waals surface area contributed by atoms with Crippen LogP contribution in [0, 0.1) is 6.92 Å². The normalized spacial score (nSPS) is 10.2.